The van der Waals surface area contributed by atoms with Crippen molar-refractivity contribution in [2.24, 2.45) is 5.92 Å². The maximum absolute atomic E-state index is 14.2. The number of hydrogen-bond donors (Lipinski definition) is 0. The van der Waals surface area contributed by atoms with Crippen molar-refractivity contribution >= 4 is 17.7 Å². The molecular formula is C38H46F3N5O3. The minimum atomic E-state index is -4.45. The zero-order chi connectivity index (χ0) is 34.7. The molecule has 0 spiro atoms. The summed E-state index contributed by atoms with van der Waals surface area (Å²) in [5.41, 5.74) is 0.389. The lowest BCUT2D eigenvalue weighted by Gasteiger charge is -2.33. The lowest BCUT2D eigenvalue weighted by Crippen LogP contribution is -2.49. The fraction of sp³-hybridized carbons (Fsp3) is 0.474. The Hall–Kier alpha value is -4.25. The summed E-state index contributed by atoms with van der Waals surface area (Å²) in [6, 6.07) is 21.5. The number of ether oxygens (including phenoxy) is 1. The zero-order valence-corrected chi connectivity index (χ0v) is 28.5. The molecule has 2 heterocycles. The molecule has 0 bridgehead atoms. The van der Waals surface area contributed by atoms with E-state index in [0.29, 0.717) is 48.3 Å². The average Bonchev–Trinajstić information content (AvgIpc) is 3.88. The van der Waals surface area contributed by atoms with Crippen molar-refractivity contribution in [3.63, 3.8) is 0 Å². The molecule has 49 heavy (non-hydrogen) atoms. The van der Waals surface area contributed by atoms with Crippen molar-refractivity contribution in [2.45, 2.75) is 69.9 Å². The van der Waals surface area contributed by atoms with Crippen molar-refractivity contribution < 1.29 is 27.5 Å². The lowest BCUT2D eigenvalue weighted by atomic mass is 10.1. The second-order valence-electron chi connectivity index (χ2n) is 13.9. The average molecular weight is 678 g/mol. The van der Waals surface area contributed by atoms with E-state index in [-0.39, 0.29) is 30.7 Å². The van der Waals surface area contributed by atoms with Gasteiger partial charge in [0.05, 0.1) is 18.2 Å². The fourth-order valence-corrected chi connectivity index (χ4v) is 7.45. The van der Waals surface area contributed by atoms with E-state index >= 15 is 0 Å². The number of benzene rings is 3. The van der Waals surface area contributed by atoms with Gasteiger partial charge in [-0.05, 0) is 92.1 Å². The SMILES string of the molecule is CC1CCC(N2CC[C@H](N(C)C(=O)N3CC[C@H](N(C)C(=O)N(Cc4ccc(C(F)(F)F)cc4)c4ccc(Oc5ccccc5)cc4)C3)C2)C1. The van der Waals surface area contributed by atoms with Crippen LogP contribution in [0.25, 0.3) is 0 Å². The standard InChI is InChI=1S/C38H46F3N5O3/c1-27-9-14-31(23-27)44-21-19-32(25-44)42(2)36(47)45-22-20-33(26-45)43(3)37(48)46(24-28-10-12-29(13-11-28)38(39,40)41)30-15-17-35(18-16-30)49-34-7-5-4-6-8-34/h4-8,10-13,15-18,27,31-33H,9,14,19-26H2,1-3H3/t27?,31?,32-,33-/m0/s1. The number of alkyl halides is 3. The van der Waals surface area contributed by atoms with Gasteiger partial charge in [-0.2, -0.15) is 13.2 Å². The molecule has 2 saturated heterocycles. The summed E-state index contributed by atoms with van der Waals surface area (Å²) < 4.78 is 45.7. The molecule has 0 aromatic heterocycles. The second-order valence-corrected chi connectivity index (χ2v) is 13.9. The molecule has 8 nitrogen and oxygen atoms in total. The summed E-state index contributed by atoms with van der Waals surface area (Å²) in [5.74, 6) is 2.03. The summed E-state index contributed by atoms with van der Waals surface area (Å²) in [5, 5.41) is 0. The van der Waals surface area contributed by atoms with Crippen LogP contribution in [0.2, 0.25) is 0 Å². The number of likely N-dealkylation sites (tertiary alicyclic amines) is 2. The minimum Gasteiger partial charge on any atom is -0.457 e. The van der Waals surface area contributed by atoms with Gasteiger partial charge in [-0.1, -0.05) is 37.3 Å². The van der Waals surface area contributed by atoms with Gasteiger partial charge in [0.15, 0.2) is 0 Å². The first-order valence-corrected chi connectivity index (χ1v) is 17.3. The van der Waals surface area contributed by atoms with E-state index in [4.69, 9.17) is 4.74 Å². The normalized spacial score (nSPS) is 22.7. The molecule has 3 aromatic rings. The topological polar surface area (TPSA) is 59.6 Å². The fourth-order valence-electron chi connectivity index (χ4n) is 7.45. The Balaban J connectivity index is 1.12. The zero-order valence-electron chi connectivity index (χ0n) is 28.5. The third-order valence-corrected chi connectivity index (χ3v) is 10.5. The Morgan fingerprint density at radius 1 is 0.796 bits per heavy atom. The van der Waals surface area contributed by atoms with Gasteiger partial charge in [0.1, 0.15) is 11.5 Å². The number of anilines is 1. The van der Waals surface area contributed by atoms with E-state index in [1.165, 1.54) is 31.4 Å². The summed E-state index contributed by atoms with van der Waals surface area (Å²) in [7, 11) is 3.63. The van der Waals surface area contributed by atoms with Crippen LogP contribution in [-0.4, -0.2) is 90.1 Å². The molecule has 1 saturated carbocycles. The molecule has 262 valence electrons. The number of nitrogens with zero attached hydrogens (tertiary/aromatic N) is 5. The monoisotopic (exact) mass is 677 g/mol. The summed E-state index contributed by atoms with van der Waals surface area (Å²) in [4.78, 5) is 37.3. The van der Waals surface area contributed by atoms with Crippen LogP contribution in [0.1, 0.15) is 50.2 Å². The molecule has 0 N–H and O–H groups in total. The minimum absolute atomic E-state index is 0.00870. The van der Waals surface area contributed by atoms with E-state index in [2.05, 4.69) is 11.8 Å². The number of urea groups is 2. The number of halogens is 3. The van der Waals surface area contributed by atoms with Crippen LogP contribution in [0, 0.1) is 5.92 Å². The molecule has 3 aromatic carbocycles. The highest BCUT2D eigenvalue weighted by atomic mass is 19.4. The van der Waals surface area contributed by atoms with Crippen LogP contribution in [-0.2, 0) is 12.7 Å². The Bertz CT molecular complexity index is 1570. The Kier molecular flexibility index (Phi) is 10.4. The highest BCUT2D eigenvalue weighted by Crippen LogP contribution is 2.33. The number of amides is 4. The summed E-state index contributed by atoms with van der Waals surface area (Å²) in [6.07, 6.45) is 0.904. The Morgan fingerprint density at radius 2 is 1.45 bits per heavy atom. The molecule has 3 aliphatic rings. The number of carbonyl (C=O) groups excluding carboxylic acids is 2. The van der Waals surface area contributed by atoms with Gasteiger partial charge < -0.3 is 19.4 Å². The predicted molar refractivity (Wildman–Crippen MR) is 184 cm³/mol. The van der Waals surface area contributed by atoms with E-state index in [0.717, 1.165) is 37.6 Å². The van der Waals surface area contributed by atoms with E-state index < -0.39 is 11.7 Å². The van der Waals surface area contributed by atoms with Gasteiger partial charge in [-0.15, -0.1) is 0 Å². The van der Waals surface area contributed by atoms with Crippen molar-refractivity contribution in [3.8, 4) is 11.5 Å². The van der Waals surface area contributed by atoms with Gasteiger partial charge >= 0.3 is 18.2 Å². The van der Waals surface area contributed by atoms with E-state index in [1.54, 1.807) is 41.1 Å². The highest BCUT2D eigenvalue weighted by Gasteiger charge is 2.39. The maximum atomic E-state index is 14.2. The van der Waals surface area contributed by atoms with Gasteiger partial charge in [0, 0.05) is 58.0 Å². The van der Waals surface area contributed by atoms with Crippen LogP contribution < -0.4 is 9.64 Å². The van der Waals surface area contributed by atoms with Crippen LogP contribution in [0.5, 0.6) is 11.5 Å². The maximum Gasteiger partial charge on any atom is 0.416 e. The molecule has 6 rings (SSSR count). The highest BCUT2D eigenvalue weighted by molar-refractivity contribution is 5.92. The third kappa shape index (κ3) is 8.15. The van der Waals surface area contributed by atoms with Gasteiger partial charge in [0.2, 0.25) is 0 Å². The second kappa shape index (κ2) is 14.7. The van der Waals surface area contributed by atoms with Crippen LogP contribution >= 0.6 is 0 Å². The molecule has 2 unspecified atom stereocenters. The first-order chi connectivity index (χ1) is 23.5. The van der Waals surface area contributed by atoms with Gasteiger partial charge in [0.25, 0.3) is 0 Å². The predicted octanol–water partition coefficient (Wildman–Crippen LogP) is 7.95. The van der Waals surface area contributed by atoms with Crippen molar-refractivity contribution in [1.82, 2.24) is 19.6 Å². The molecule has 4 atom stereocenters. The molecule has 11 heteroatoms. The quantitative estimate of drug-likeness (QED) is 0.243. The smallest absolute Gasteiger partial charge is 0.416 e. The number of carbonyl (C=O) groups is 2. The van der Waals surface area contributed by atoms with Gasteiger partial charge in [-0.3, -0.25) is 9.80 Å². The van der Waals surface area contributed by atoms with Crippen LogP contribution in [0.15, 0.2) is 78.9 Å². The summed E-state index contributed by atoms with van der Waals surface area (Å²) >= 11 is 0. The lowest BCUT2D eigenvalue weighted by molar-refractivity contribution is -0.137. The van der Waals surface area contributed by atoms with Crippen LogP contribution in [0.3, 0.4) is 0 Å². The molecule has 2 aliphatic heterocycles. The number of likely N-dealkylation sites (N-methyl/N-ethyl adjacent to an activating group) is 2. The first-order valence-electron chi connectivity index (χ1n) is 17.3. The van der Waals surface area contributed by atoms with Crippen molar-refractivity contribution in [2.75, 3.05) is 45.2 Å². The molecule has 3 fully saturated rings. The number of para-hydroxylation sites is 1. The van der Waals surface area contributed by atoms with Gasteiger partial charge in [-0.25, -0.2) is 9.59 Å². The van der Waals surface area contributed by atoms with Crippen LogP contribution in [0.4, 0.5) is 28.4 Å². The summed E-state index contributed by atoms with van der Waals surface area (Å²) in [6.45, 7) is 5.28. The van der Waals surface area contributed by atoms with E-state index in [9.17, 15) is 22.8 Å². The number of rotatable bonds is 8. The first kappa shape index (κ1) is 34.6. The molecule has 1 aliphatic carbocycles. The van der Waals surface area contributed by atoms with Crippen molar-refractivity contribution in [3.05, 3.63) is 90.0 Å². The largest absolute Gasteiger partial charge is 0.457 e. The Morgan fingerprint density at radius 3 is 2.10 bits per heavy atom. The Labute approximate surface area is 287 Å². The van der Waals surface area contributed by atoms with Crippen molar-refractivity contribution in [1.29, 1.82) is 0 Å². The number of hydrogen-bond acceptors (Lipinski definition) is 4. The molecular weight excluding hydrogens is 631 g/mol. The third-order valence-electron chi connectivity index (χ3n) is 10.5. The molecule has 0 radical (unpaired) electrons. The van der Waals surface area contributed by atoms with E-state index in [1.807, 2.05) is 47.2 Å². The molecule has 4 amide bonds.